The van der Waals surface area contributed by atoms with Crippen molar-refractivity contribution in [2.45, 2.75) is 65.1 Å². The van der Waals surface area contributed by atoms with E-state index in [-0.39, 0.29) is 5.92 Å². The van der Waals surface area contributed by atoms with E-state index in [1.807, 2.05) is 6.92 Å². The molecule has 2 nitrogen and oxygen atoms in total. The lowest BCUT2D eigenvalue weighted by Crippen LogP contribution is -2.18. The van der Waals surface area contributed by atoms with Crippen molar-refractivity contribution < 1.29 is 10.2 Å². The van der Waals surface area contributed by atoms with Crippen molar-refractivity contribution in [1.29, 1.82) is 0 Å². The van der Waals surface area contributed by atoms with Crippen LogP contribution in [0.4, 0.5) is 0 Å². The van der Waals surface area contributed by atoms with Crippen LogP contribution in [0.3, 0.4) is 0 Å². The van der Waals surface area contributed by atoms with Crippen LogP contribution in [0.2, 0.25) is 0 Å². The summed E-state index contributed by atoms with van der Waals surface area (Å²) in [7, 11) is 0. The summed E-state index contributed by atoms with van der Waals surface area (Å²) in [6.07, 6.45) is 6.93. The minimum Gasteiger partial charge on any atom is -0.368 e. The molecule has 0 spiro atoms. The van der Waals surface area contributed by atoms with E-state index < -0.39 is 6.29 Å². The first kappa shape index (κ1) is 12.9. The lowest BCUT2D eigenvalue weighted by atomic mass is 9.97. The Labute approximate surface area is 82.0 Å². The zero-order valence-corrected chi connectivity index (χ0v) is 9.00. The molecule has 1 unspecified atom stereocenters. The Bertz CT molecular complexity index is 102. The third-order valence-electron chi connectivity index (χ3n) is 2.62. The topological polar surface area (TPSA) is 40.5 Å². The maximum absolute atomic E-state index is 8.97. The van der Waals surface area contributed by atoms with Gasteiger partial charge in [-0.2, -0.15) is 0 Å². The first-order chi connectivity index (χ1) is 6.22. The molecular formula is C11H24O2. The molecule has 2 heteroatoms. The van der Waals surface area contributed by atoms with Gasteiger partial charge in [-0.15, -0.1) is 0 Å². The molecule has 0 saturated carbocycles. The van der Waals surface area contributed by atoms with Gasteiger partial charge in [-0.05, 0) is 12.8 Å². The fourth-order valence-corrected chi connectivity index (χ4v) is 1.57. The van der Waals surface area contributed by atoms with Gasteiger partial charge in [0, 0.05) is 5.92 Å². The standard InChI is InChI=1S/C11H24O2/c1-3-5-6-7-8-9-10(4-2)11(12)13/h10-13H,3-9H2,1-2H3. The van der Waals surface area contributed by atoms with Gasteiger partial charge in [0.25, 0.3) is 0 Å². The van der Waals surface area contributed by atoms with E-state index in [1.165, 1.54) is 25.7 Å². The first-order valence-electron chi connectivity index (χ1n) is 5.58. The maximum Gasteiger partial charge on any atom is 0.154 e. The second-order valence-corrected chi connectivity index (χ2v) is 3.78. The summed E-state index contributed by atoms with van der Waals surface area (Å²) in [6.45, 7) is 4.21. The van der Waals surface area contributed by atoms with Crippen molar-refractivity contribution >= 4 is 0 Å². The Kier molecular flexibility index (Phi) is 8.46. The van der Waals surface area contributed by atoms with E-state index in [1.54, 1.807) is 0 Å². The van der Waals surface area contributed by atoms with Crippen molar-refractivity contribution in [3.8, 4) is 0 Å². The predicted octanol–water partition coefficient (Wildman–Crippen LogP) is 2.68. The first-order valence-corrected chi connectivity index (χ1v) is 5.58. The van der Waals surface area contributed by atoms with E-state index >= 15 is 0 Å². The second-order valence-electron chi connectivity index (χ2n) is 3.78. The molecule has 13 heavy (non-hydrogen) atoms. The summed E-state index contributed by atoms with van der Waals surface area (Å²) in [6, 6.07) is 0. The third-order valence-corrected chi connectivity index (χ3v) is 2.62. The van der Waals surface area contributed by atoms with Crippen LogP contribution in [0.1, 0.15) is 58.8 Å². The van der Waals surface area contributed by atoms with Crippen molar-refractivity contribution in [3.05, 3.63) is 0 Å². The van der Waals surface area contributed by atoms with Crippen molar-refractivity contribution in [2.24, 2.45) is 5.92 Å². The molecule has 0 aliphatic carbocycles. The van der Waals surface area contributed by atoms with Crippen molar-refractivity contribution in [3.63, 3.8) is 0 Å². The molecule has 0 bridgehead atoms. The minimum absolute atomic E-state index is 0.0848. The van der Waals surface area contributed by atoms with Crippen LogP contribution in [0, 0.1) is 5.92 Å². The maximum atomic E-state index is 8.97. The molecule has 0 aromatic heterocycles. The molecule has 2 N–H and O–H groups in total. The Morgan fingerprint density at radius 3 is 2.00 bits per heavy atom. The van der Waals surface area contributed by atoms with Gasteiger partial charge in [-0.25, -0.2) is 0 Å². The average molecular weight is 188 g/mol. The van der Waals surface area contributed by atoms with Crippen molar-refractivity contribution in [2.75, 3.05) is 0 Å². The average Bonchev–Trinajstić information content (AvgIpc) is 2.10. The SMILES string of the molecule is CCCCCCCC(CC)C(O)O. The molecule has 0 aromatic carbocycles. The molecule has 0 aromatic rings. The molecule has 0 radical (unpaired) electrons. The molecule has 0 rings (SSSR count). The number of aliphatic hydroxyl groups is 2. The summed E-state index contributed by atoms with van der Waals surface area (Å²) in [5.41, 5.74) is 0. The van der Waals surface area contributed by atoms with Crippen molar-refractivity contribution in [1.82, 2.24) is 0 Å². The smallest absolute Gasteiger partial charge is 0.154 e. The van der Waals surface area contributed by atoms with Gasteiger partial charge < -0.3 is 10.2 Å². The van der Waals surface area contributed by atoms with Gasteiger partial charge in [0.05, 0.1) is 0 Å². The molecule has 0 fully saturated rings. The van der Waals surface area contributed by atoms with Crippen LogP contribution in [-0.2, 0) is 0 Å². The highest BCUT2D eigenvalue weighted by atomic mass is 16.5. The largest absolute Gasteiger partial charge is 0.368 e. The van der Waals surface area contributed by atoms with Gasteiger partial charge >= 0.3 is 0 Å². The monoisotopic (exact) mass is 188 g/mol. The van der Waals surface area contributed by atoms with Crippen LogP contribution < -0.4 is 0 Å². The zero-order chi connectivity index (χ0) is 10.1. The molecule has 0 saturated heterocycles. The summed E-state index contributed by atoms with van der Waals surface area (Å²) in [5.74, 6) is 0.0848. The molecule has 0 heterocycles. The van der Waals surface area contributed by atoms with Crippen LogP contribution in [-0.4, -0.2) is 16.5 Å². The van der Waals surface area contributed by atoms with Crippen LogP contribution in [0.25, 0.3) is 0 Å². The van der Waals surface area contributed by atoms with E-state index in [0.29, 0.717) is 0 Å². The highest BCUT2D eigenvalue weighted by Gasteiger charge is 2.12. The second kappa shape index (κ2) is 8.52. The molecular weight excluding hydrogens is 164 g/mol. The quantitative estimate of drug-likeness (QED) is 0.454. The Morgan fingerprint density at radius 2 is 1.54 bits per heavy atom. The van der Waals surface area contributed by atoms with E-state index in [0.717, 1.165) is 19.3 Å². The number of hydrogen-bond donors (Lipinski definition) is 2. The fourth-order valence-electron chi connectivity index (χ4n) is 1.57. The molecule has 0 aliphatic heterocycles. The molecule has 0 amide bonds. The number of aliphatic hydroxyl groups excluding tert-OH is 1. The minimum atomic E-state index is -1.11. The number of hydrogen-bond acceptors (Lipinski definition) is 2. The van der Waals surface area contributed by atoms with Gasteiger partial charge in [0.15, 0.2) is 6.29 Å². The highest BCUT2D eigenvalue weighted by molar-refractivity contribution is 4.58. The lowest BCUT2D eigenvalue weighted by Gasteiger charge is -2.16. The summed E-state index contributed by atoms with van der Waals surface area (Å²) >= 11 is 0. The van der Waals surface area contributed by atoms with Gasteiger partial charge in [-0.3, -0.25) is 0 Å². The Hall–Kier alpha value is -0.0800. The van der Waals surface area contributed by atoms with E-state index in [4.69, 9.17) is 10.2 Å². The Balaban J connectivity index is 3.28. The molecule has 0 aliphatic rings. The normalized spacial score (nSPS) is 13.6. The summed E-state index contributed by atoms with van der Waals surface area (Å²) in [5, 5.41) is 17.9. The molecule has 1 atom stereocenters. The molecule has 80 valence electrons. The van der Waals surface area contributed by atoms with Crippen LogP contribution in [0.15, 0.2) is 0 Å². The van der Waals surface area contributed by atoms with Gasteiger partial charge in [0.2, 0.25) is 0 Å². The number of rotatable bonds is 8. The summed E-state index contributed by atoms with van der Waals surface area (Å²) < 4.78 is 0. The lowest BCUT2D eigenvalue weighted by molar-refractivity contribution is -0.0871. The van der Waals surface area contributed by atoms with Crippen LogP contribution in [0.5, 0.6) is 0 Å². The summed E-state index contributed by atoms with van der Waals surface area (Å²) in [4.78, 5) is 0. The Morgan fingerprint density at radius 1 is 0.923 bits per heavy atom. The predicted molar refractivity (Wildman–Crippen MR) is 55.4 cm³/mol. The van der Waals surface area contributed by atoms with E-state index in [9.17, 15) is 0 Å². The van der Waals surface area contributed by atoms with Crippen LogP contribution >= 0.6 is 0 Å². The van der Waals surface area contributed by atoms with Gasteiger partial charge in [0.1, 0.15) is 0 Å². The zero-order valence-electron chi connectivity index (χ0n) is 9.00. The number of unbranched alkanes of at least 4 members (excludes halogenated alkanes) is 4. The third kappa shape index (κ3) is 7.03. The highest BCUT2D eigenvalue weighted by Crippen LogP contribution is 2.16. The van der Waals surface area contributed by atoms with Gasteiger partial charge in [-0.1, -0.05) is 46.0 Å². The van der Waals surface area contributed by atoms with E-state index in [2.05, 4.69) is 6.92 Å². The fraction of sp³-hybridized carbons (Fsp3) is 1.00.